The molecule has 1 aliphatic heterocycles. The zero-order valence-electron chi connectivity index (χ0n) is 17.1. The monoisotopic (exact) mass is 462 g/mol. The minimum absolute atomic E-state index is 0.110. The molecule has 0 aliphatic carbocycles. The van der Waals surface area contributed by atoms with Crippen LogP contribution in [-0.4, -0.2) is 34.5 Å². The fraction of sp³-hybridized carbons (Fsp3) is 0.200. The molecular weight excluding hydrogens is 445 g/mol. The minimum Gasteiger partial charge on any atom is -0.493 e. The van der Waals surface area contributed by atoms with Crippen molar-refractivity contribution < 1.29 is 41.2 Å². The minimum atomic E-state index is -5.00. The molecule has 0 fully saturated rings. The van der Waals surface area contributed by atoms with Crippen molar-refractivity contribution in [2.75, 3.05) is 24.8 Å². The highest BCUT2D eigenvalue weighted by Gasteiger charge is 2.40. The Morgan fingerprint density at radius 3 is 2.42 bits per heavy atom. The van der Waals surface area contributed by atoms with Crippen molar-refractivity contribution >= 4 is 15.5 Å². The van der Waals surface area contributed by atoms with E-state index in [-0.39, 0.29) is 16.4 Å². The fourth-order valence-corrected chi connectivity index (χ4v) is 3.43. The second kappa shape index (κ2) is 8.22. The van der Waals surface area contributed by atoms with Gasteiger partial charge in [0.15, 0.2) is 21.3 Å². The number of anilines is 1. The standard InChI is InChI=1S/C20H16F5NO4S/c1-29-18-9-12(21)3-6-17(18)30-13-7-8-26(19(10-13)20(23,24)25)16-11-14(31(2,27)28)4-5-15(16)22/h3-7,9-11H,8H2,1-2H3/i7D. The van der Waals surface area contributed by atoms with Gasteiger partial charge in [0.1, 0.15) is 23.1 Å². The Morgan fingerprint density at radius 1 is 1.10 bits per heavy atom. The molecule has 0 amide bonds. The van der Waals surface area contributed by atoms with E-state index in [0.29, 0.717) is 11.0 Å². The number of hydrogen-bond acceptors (Lipinski definition) is 5. The van der Waals surface area contributed by atoms with Crippen molar-refractivity contribution in [3.63, 3.8) is 0 Å². The maximum absolute atomic E-state index is 14.4. The number of benzene rings is 2. The smallest absolute Gasteiger partial charge is 0.431 e. The summed E-state index contributed by atoms with van der Waals surface area (Å²) >= 11 is 0. The van der Waals surface area contributed by atoms with E-state index in [4.69, 9.17) is 10.8 Å². The van der Waals surface area contributed by atoms with Gasteiger partial charge in [0, 0.05) is 24.9 Å². The molecular formula is C20H16F5NO4S. The Labute approximate surface area is 176 Å². The molecule has 0 saturated heterocycles. The van der Waals surface area contributed by atoms with Gasteiger partial charge in [-0.15, -0.1) is 0 Å². The van der Waals surface area contributed by atoms with Crippen LogP contribution in [0.3, 0.4) is 0 Å². The molecule has 0 saturated carbocycles. The number of methoxy groups -OCH3 is 1. The summed E-state index contributed by atoms with van der Waals surface area (Å²) in [6.45, 7) is -0.770. The molecule has 0 unspecified atom stereocenters. The first kappa shape index (κ1) is 21.2. The SMILES string of the molecule is [2H]C1=C(Oc2ccc(F)cc2OC)C=C(C(F)(F)F)N(c2cc(S(C)(=O)=O)ccc2F)C1. The molecule has 2 aromatic rings. The molecule has 0 aromatic heterocycles. The molecule has 0 N–H and O–H groups in total. The Bertz CT molecular complexity index is 1220. The van der Waals surface area contributed by atoms with Gasteiger partial charge in [0.2, 0.25) is 0 Å². The zero-order valence-corrected chi connectivity index (χ0v) is 16.9. The van der Waals surface area contributed by atoms with Crippen LogP contribution in [0.5, 0.6) is 11.5 Å². The maximum Gasteiger partial charge on any atom is 0.431 e. The number of nitrogens with zero attached hydrogens (tertiary/aromatic N) is 1. The van der Waals surface area contributed by atoms with Crippen LogP contribution in [0.15, 0.2) is 64.9 Å². The van der Waals surface area contributed by atoms with Crippen LogP contribution >= 0.6 is 0 Å². The lowest BCUT2D eigenvalue weighted by Gasteiger charge is -2.31. The maximum atomic E-state index is 14.4. The van der Waals surface area contributed by atoms with Crippen molar-refractivity contribution in [1.82, 2.24) is 0 Å². The van der Waals surface area contributed by atoms with Crippen LogP contribution in [0.1, 0.15) is 1.37 Å². The normalized spacial score (nSPS) is 15.5. The van der Waals surface area contributed by atoms with Gasteiger partial charge in [0.05, 0.1) is 19.1 Å². The number of ether oxygens (including phenoxy) is 2. The number of sulfone groups is 1. The number of hydrogen-bond donors (Lipinski definition) is 0. The van der Waals surface area contributed by atoms with Crippen molar-refractivity contribution in [2.45, 2.75) is 11.1 Å². The third kappa shape index (κ3) is 4.98. The van der Waals surface area contributed by atoms with Crippen LogP contribution in [-0.2, 0) is 9.84 Å². The molecule has 31 heavy (non-hydrogen) atoms. The van der Waals surface area contributed by atoms with E-state index in [1.807, 2.05) is 0 Å². The molecule has 1 heterocycles. The molecule has 0 atom stereocenters. The summed E-state index contributed by atoms with van der Waals surface area (Å²) in [6, 6.07) is 5.05. The van der Waals surface area contributed by atoms with Crippen molar-refractivity contribution in [1.29, 1.82) is 0 Å². The molecule has 1 aliphatic rings. The first-order valence-corrected chi connectivity index (χ1v) is 10.5. The summed E-state index contributed by atoms with van der Waals surface area (Å²) in [5.74, 6) is -2.54. The summed E-state index contributed by atoms with van der Waals surface area (Å²) < 4.78 is 111. The van der Waals surface area contributed by atoms with Crippen LogP contribution in [0.4, 0.5) is 27.6 Å². The number of allylic oxidation sites excluding steroid dienone is 2. The van der Waals surface area contributed by atoms with Gasteiger partial charge in [-0.25, -0.2) is 17.2 Å². The van der Waals surface area contributed by atoms with E-state index >= 15 is 0 Å². The van der Waals surface area contributed by atoms with Crippen LogP contribution in [0, 0.1) is 11.6 Å². The van der Waals surface area contributed by atoms with E-state index in [1.54, 1.807) is 0 Å². The van der Waals surface area contributed by atoms with E-state index in [0.717, 1.165) is 42.7 Å². The third-order valence-corrected chi connectivity index (χ3v) is 5.35. The van der Waals surface area contributed by atoms with Crippen LogP contribution < -0.4 is 14.4 Å². The van der Waals surface area contributed by atoms with Gasteiger partial charge in [-0.05, 0) is 36.4 Å². The second-order valence-electron chi connectivity index (χ2n) is 6.44. The van der Waals surface area contributed by atoms with E-state index in [1.165, 1.54) is 7.11 Å². The predicted octanol–water partition coefficient (Wildman–Crippen LogP) is 4.61. The summed E-state index contributed by atoms with van der Waals surface area (Å²) in [4.78, 5) is 0.0604. The summed E-state index contributed by atoms with van der Waals surface area (Å²) in [6.07, 6.45) is -3.69. The van der Waals surface area contributed by atoms with Crippen molar-refractivity contribution in [2.24, 2.45) is 0 Å². The molecule has 0 radical (unpaired) electrons. The van der Waals surface area contributed by atoms with Gasteiger partial charge in [-0.3, -0.25) is 0 Å². The molecule has 0 spiro atoms. The lowest BCUT2D eigenvalue weighted by Crippen LogP contribution is -2.35. The van der Waals surface area contributed by atoms with E-state index in [2.05, 4.69) is 0 Å². The summed E-state index contributed by atoms with van der Waals surface area (Å²) in [5.41, 5.74) is -2.05. The lowest BCUT2D eigenvalue weighted by molar-refractivity contribution is -0.0936. The Hall–Kier alpha value is -3.08. The first-order valence-electron chi connectivity index (χ1n) is 9.08. The largest absolute Gasteiger partial charge is 0.493 e. The summed E-state index contributed by atoms with van der Waals surface area (Å²) in [5, 5.41) is 0. The van der Waals surface area contributed by atoms with E-state index < -0.39 is 57.4 Å². The first-order chi connectivity index (χ1) is 14.8. The van der Waals surface area contributed by atoms with Gasteiger partial charge in [-0.2, -0.15) is 13.2 Å². The second-order valence-corrected chi connectivity index (χ2v) is 8.45. The van der Waals surface area contributed by atoms with Crippen LogP contribution in [0.25, 0.3) is 0 Å². The highest BCUT2D eigenvalue weighted by molar-refractivity contribution is 7.90. The Morgan fingerprint density at radius 2 is 1.81 bits per heavy atom. The average molecular weight is 462 g/mol. The number of halogens is 5. The molecule has 11 heteroatoms. The van der Waals surface area contributed by atoms with Gasteiger partial charge < -0.3 is 14.4 Å². The predicted molar refractivity (Wildman–Crippen MR) is 103 cm³/mol. The van der Waals surface area contributed by atoms with Gasteiger partial charge >= 0.3 is 6.18 Å². The average Bonchev–Trinajstić information content (AvgIpc) is 2.69. The number of alkyl halides is 3. The fourth-order valence-electron chi connectivity index (χ4n) is 2.78. The van der Waals surface area contributed by atoms with Crippen LogP contribution in [0.2, 0.25) is 0 Å². The summed E-state index contributed by atoms with van der Waals surface area (Å²) in [7, 11) is -2.63. The quantitative estimate of drug-likeness (QED) is 0.480. The number of rotatable bonds is 5. The molecule has 0 bridgehead atoms. The van der Waals surface area contributed by atoms with Gasteiger partial charge in [-0.1, -0.05) is 0 Å². The molecule has 2 aromatic carbocycles. The molecule has 5 nitrogen and oxygen atoms in total. The van der Waals surface area contributed by atoms with E-state index in [9.17, 15) is 30.4 Å². The topological polar surface area (TPSA) is 55.8 Å². The zero-order chi connectivity index (χ0) is 23.8. The molecule has 166 valence electrons. The highest BCUT2D eigenvalue weighted by Crippen LogP contribution is 2.38. The van der Waals surface area contributed by atoms with Crippen molar-refractivity contribution in [3.05, 3.63) is 71.6 Å². The van der Waals surface area contributed by atoms with Crippen molar-refractivity contribution in [3.8, 4) is 11.5 Å². The lowest BCUT2D eigenvalue weighted by atomic mass is 10.1. The van der Waals surface area contributed by atoms with Gasteiger partial charge in [0.25, 0.3) is 0 Å². The molecule has 3 rings (SSSR count). The highest BCUT2D eigenvalue weighted by atomic mass is 32.2. The Balaban J connectivity index is 2.08. The third-order valence-electron chi connectivity index (χ3n) is 4.24. The Kier molecular flexibility index (Phi) is 5.61.